The summed E-state index contributed by atoms with van der Waals surface area (Å²) in [4.78, 5) is 21.5. The van der Waals surface area contributed by atoms with E-state index >= 15 is 0 Å². The van der Waals surface area contributed by atoms with Gasteiger partial charge in [0, 0.05) is 50.5 Å². The summed E-state index contributed by atoms with van der Waals surface area (Å²) in [7, 11) is 1.93. The van der Waals surface area contributed by atoms with Crippen LogP contribution >= 0.6 is 0 Å². The van der Waals surface area contributed by atoms with Crippen molar-refractivity contribution in [2.24, 2.45) is 7.05 Å². The molecule has 3 heterocycles. The van der Waals surface area contributed by atoms with Crippen LogP contribution in [0.3, 0.4) is 0 Å². The third-order valence-electron chi connectivity index (χ3n) is 5.34. The minimum absolute atomic E-state index is 0.101. The number of pyridine rings is 1. The summed E-state index contributed by atoms with van der Waals surface area (Å²) in [5, 5.41) is 1.06. The maximum atomic E-state index is 13.0. The van der Waals surface area contributed by atoms with Gasteiger partial charge in [-0.3, -0.25) is 9.78 Å². The third kappa shape index (κ3) is 2.83. The zero-order valence-electron chi connectivity index (χ0n) is 15.6. The van der Waals surface area contributed by atoms with Crippen LogP contribution < -0.4 is 4.90 Å². The number of aromatic nitrogens is 2. The molecule has 26 heavy (non-hydrogen) atoms. The average molecular weight is 348 g/mol. The van der Waals surface area contributed by atoms with E-state index in [4.69, 9.17) is 0 Å². The van der Waals surface area contributed by atoms with E-state index < -0.39 is 0 Å². The van der Waals surface area contributed by atoms with Crippen LogP contribution in [0.4, 0.5) is 5.69 Å². The minimum Gasteiger partial charge on any atom is -0.368 e. The molecular formula is C21H24N4O. The predicted octanol–water partition coefficient (Wildman–Crippen LogP) is 3.15. The number of carbonyl (C=O) groups is 1. The van der Waals surface area contributed by atoms with E-state index in [0.29, 0.717) is 0 Å². The van der Waals surface area contributed by atoms with E-state index in [0.717, 1.165) is 42.8 Å². The fraction of sp³-hybridized carbons (Fsp3) is 0.333. The first kappa shape index (κ1) is 16.6. The second-order valence-electron chi connectivity index (χ2n) is 7.09. The number of anilines is 1. The van der Waals surface area contributed by atoms with Crippen molar-refractivity contribution in [1.29, 1.82) is 0 Å². The van der Waals surface area contributed by atoms with Gasteiger partial charge in [0.25, 0.3) is 5.91 Å². The lowest BCUT2D eigenvalue weighted by Crippen LogP contribution is -2.49. The fourth-order valence-corrected chi connectivity index (χ4v) is 3.75. The molecule has 3 aromatic rings. The summed E-state index contributed by atoms with van der Waals surface area (Å²) in [5.41, 5.74) is 5.57. The highest BCUT2D eigenvalue weighted by Gasteiger charge is 2.25. The highest BCUT2D eigenvalue weighted by molar-refractivity contribution is 5.98. The molecule has 4 rings (SSSR count). The predicted molar refractivity (Wildman–Crippen MR) is 105 cm³/mol. The summed E-state index contributed by atoms with van der Waals surface area (Å²) < 4.78 is 1.95. The molecule has 1 aliphatic rings. The maximum absolute atomic E-state index is 13.0. The lowest BCUT2D eigenvalue weighted by atomic mass is 10.1. The molecule has 0 atom stereocenters. The van der Waals surface area contributed by atoms with Crippen molar-refractivity contribution in [2.45, 2.75) is 13.8 Å². The molecular weight excluding hydrogens is 324 g/mol. The van der Waals surface area contributed by atoms with Gasteiger partial charge in [-0.25, -0.2) is 0 Å². The van der Waals surface area contributed by atoms with Crippen LogP contribution in [-0.4, -0.2) is 46.5 Å². The summed E-state index contributed by atoms with van der Waals surface area (Å²) in [6.45, 7) is 7.48. The molecule has 0 aliphatic carbocycles. The van der Waals surface area contributed by atoms with E-state index in [2.05, 4.69) is 41.9 Å². The van der Waals surface area contributed by atoms with Crippen molar-refractivity contribution in [2.75, 3.05) is 31.1 Å². The number of amides is 1. The lowest BCUT2D eigenvalue weighted by molar-refractivity contribution is 0.0737. The van der Waals surface area contributed by atoms with Gasteiger partial charge in [-0.1, -0.05) is 12.1 Å². The standard InChI is InChI=1S/C21H24N4O/c1-15-4-5-16(2)18(12-15)24-8-10-25(11-9-24)21(26)19-13-17-6-7-22-14-20(17)23(19)3/h4-7,12-14H,8-11H2,1-3H3. The number of hydrogen-bond donors (Lipinski definition) is 0. The lowest BCUT2D eigenvalue weighted by Gasteiger charge is -2.37. The zero-order chi connectivity index (χ0) is 18.3. The molecule has 1 aliphatic heterocycles. The highest BCUT2D eigenvalue weighted by atomic mass is 16.2. The Morgan fingerprint density at radius 2 is 1.81 bits per heavy atom. The maximum Gasteiger partial charge on any atom is 0.270 e. The second-order valence-corrected chi connectivity index (χ2v) is 7.09. The van der Waals surface area contributed by atoms with Crippen LogP contribution in [0.15, 0.2) is 42.7 Å². The number of carbonyl (C=O) groups excluding carboxylic acids is 1. The van der Waals surface area contributed by atoms with E-state index in [1.54, 1.807) is 6.20 Å². The molecule has 1 saturated heterocycles. The first-order valence-corrected chi connectivity index (χ1v) is 9.05. The Balaban J connectivity index is 1.51. The summed E-state index contributed by atoms with van der Waals surface area (Å²) in [5.74, 6) is 0.101. The number of nitrogens with zero attached hydrogens (tertiary/aromatic N) is 4. The molecule has 0 saturated carbocycles. The van der Waals surface area contributed by atoms with Crippen molar-refractivity contribution < 1.29 is 4.79 Å². The number of hydrogen-bond acceptors (Lipinski definition) is 3. The molecule has 0 radical (unpaired) electrons. The average Bonchev–Trinajstić information content (AvgIpc) is 3.00. The fourth-order valence-electron chi connectivity index (χ4n) is 3.75. The quantitative estimate of drug-likeness (QED) is 0.714. The normalized spacial score (nSPS) is 14.9. The smallest absolute Gasteiger partial charge is 0.270 e. The van der Waals surface area contributed by atoms with E-state index in [1.165, 1.54) is 16.8 Å². The third-order valence-corrected chi connectivity index (χ3v) is 5.34. The Labute approximate surface area is 153 Å². The molecule has 0 unspecified atom stereocenters. The molecule has 1 amide bonds. The molecule has 1 fully saturated rings. The molecule has 0 spiro atoms. The first-order chi connectivity index (χ1) is 12.5. The van der Waals surface area contributed by atoms with Crippen LogP contribution in [0.1, 0.15) is 21.6 Å². The van der Waals surface area contributed by atoms with Crippen LogP contribution in [-0.2, 0) is 7.05 Å². The van der Waals surface area contributed by atoms with Gasteiger partial charge >= 0.3 is 0 Å². The monoisotopic (exact) mass is 348 g/mol. The van der Waals surface area contributed by atoms with Gasteiger partial charge in [0.1, 0.15) is 5.69 Å². The van der Waals surface area contributed by atoms with Crippen LogP contribution in [0.25, 0.3) is 10.9 Å². The van der Waals surface area contributed by atoms with Gasteiger partial charge in [0.05, 0.1) is 11.7 Å². The largest absolute Gasteiger partial charge is 0.368 e. The Bertz CT molecular complexity index is 967. The van der Waals surface area contributed by atoms with Gasteiger partial charge in [0.15, 0.2) is 0 Å². The number of piperazine rings is 1. The number of benzene rings is 1. The second kappa shape index (κ2) is 6.48. The molecule has 2 aromatic heterocycles. The van der Waals surface area contributed by atoms with Gasteiger partial charge in [-0.2, -0.15) is 0 Å². The summed E-state index contributed by atoms with van der Waals surface area (Å²) in [6, 6.07) is 10.5. The van der Waals surface area contributed by atoms with Crippen molar-refractivity contribution in [1.82, 2.24) is 14.5 Å². The first-order valence-electron chi connectivity index (χ1n) is 9.05. The van der Waals surface area contributed by atoms with E-state index in [9.17, 15) is 4.79 Å². The van der Waals surface area contributed by atoms with Crippen molar-refractivity contribution in [3.63, 3.8) is 0 Å². The molecule has 0 N–H and O–H groups in total. The Morgan fingerprint density at radius 1 is 1.04 bits per heavy atom. The van der Waals surface area contributed by atoms with E-state index in [1.807, 2.05) is 34.8 Å². The van der Waals surface area contributed by atoms with Gasteiger partial charge in [-0.05, 0) is 43.2 Å². The Morgan fingerprint density at radius 3 is 2.54 bits per heavy atom. The molecule has 134 valence electrons. The highest BCUT2D eigenvalue weighted by Crippen LogP contribution is 2.24. The Kier molecular flexibility index (Phi) is 4.15. The van der Waals surface area contributed by atoms with Crippen LogP contribution in [0, 0.1) is 13.8 Å². The molecule has 5 nitrogen and oxygen atoms in total. The van der Waals surface area contributed by atoms with Gasteiger partial charge < -0.3 is 14.4 Å². The minimum atomic E-state index is 0.101. The Hall–Kier alpha value is -2.82. The van der Waals surface area contributed by atoms with Crippen LogP contribution in [0.5, 0.6) is 0 Å². The van der Waals surface area contributed by atoms with Crippen molar-refractivity contribution in [3.05, 3.63) is 59.5 Å². The summed E-state index contributed by atoms with van der Waals surface area (Å²) >= 11 is 0. The summed E-state index contributed by atoms with van der Waals surface area (Å²) in [6.07, 6.45) is 3.57. The van der Waals surface area contributed by atoms with Crippen molar-refractivity contribution in [3.8, 4) is 0 Å². The van der Waals surface area contributed by atoms with E-state index in [-0.39, 0.29) is 5.91 Å². The molecule has 1 aromatic carbocycles. The van der Waals surface area contributed by atoms with Crippen LogP contribution in [0.2, 0.25) is 0 Å². The zero-order valence-corrected chi connectivity index (χ0v) is 15.6. The topological polar surface area (TPSA) is 41.4 Å². The SMILES string of the molecule is Cc1ccc(C)c(N2CCN(C(=O)c3cc4ccncc4n3C)CC2)c1. The number of aryl methyl sites for hydroxylation is 3. The molecule has 5 heteroatoms. The number of fused-ring (bicyclic) bond motifs is 1. The number of rotatable bonds is 2. The molecule has 0 bridgehead atoms. The van der Waals surface area contributed by atoms with Crippen molar-refractivity contribution >= 4 is 22.5 Å². The van der Waals surface area contributed by atoms with Gasteiger partial charge in [-0.15, -0.1) is 0 Å². The van der Waals surface area contributed by atoms with Gasteiger partial charge in [0.2, 0.25) is 0 Å².